The number of amides is 1. The number of alkyl halides is 3. The molecule has 162 valence electrons. The van der Waals surface area contributed by atoms with E-state index in [0.29, 0.717) is 6.42 Å². The van der Waals surface area contributed by atoms with Crippen molar-refractivity contribution >= 4 is 17.6 Å². The number of ether oxygens (including phenoxy) is 1. The van der Waals surface area contributed by atoms with Gasteiger partial charge in [-0.25, -0.2) is 4.79 Å². The highest BCUT2D eigenvalue weighted by atomic mass is 19.4. The molecule has 1 N–H and O–H groups in total. The normalized spacial score (nSPS) is 22.5. The first kappa shape index (κ1) is 23.2. The molecule has 2 aliphatic rings. The number of halogens is 3. The summed E-state index contributed by atoms with van der Waals surface area (Å²) in [6.45, 7) is 5.63. The van der Waals surface area contributed by atoms with E-state index in [1.807, 2.05) is 4.90 Å². The lowest BCUT2D eigenvalue weighted by molar-refractivity contribution is -0.192. The van der Waals surface area contributed by atoms with E-state index in [2.05, 4.69) is 36.1 Å². The van der Waals surface area contributed by atoms with E-state index in [1.54, 1.807) is 7.11 Å². The third kappa shape index (κ3) is 5.93. The molecular formula is C20H27F3N2O4. The van der Waals surface area contributed by atoms with Gasteiger partial charge in [0.1, 0.15) is 0 Å². The van der Waals surface area contributed by atoms with Gasteiger partial charge in [-0.2, -0.15) is 13.2 Å². The fourth-order valence-electron chi connectivity index (χ4n) is 3.86. The number of hydrogen-bond acceptors (Lipinski definition) is 4. The van der Waals surface area contributed by atoms with Crippen molar-refractivity contribution in [3.8, 4) is 0 Å². The molecule has 0 aromatic heterocycles. The van der Waals surface area contributed by atoms with Gasteiger partial charge >= 0.3 is 12.1 Å². The second kappa shape index (κ2) is 9.58. The molecule has 6 nitrogen and oxygen atoms in total. The van der Waals surface area contributed by atoms with Gasteiger partial charge in [0.15, 0.2) is 0 Å². The van der Waals surface area contributed by atoms with Crippen molar-refractivity contribution in [3.05, 3.63) is 29.8 Å². The minimum Gasteiger partial charge on any atom is -0.475 e. The molecule has 2 saturated heterocycles. The molecule has 2 aliphatic heterocycles. The number of carboxylic acids is 1. The highest BCUT2D eigenvalue weighted by Gasteiger charge is 2.48. The first-order valence-electron chi connectivity index (χ1n) is 9.50. The Morgan fingerprint density at radius 1 is 1.24 bits per heavy atom. The molecule has 9 heteroatoms. The number of carbonyl (C=O) groups is 2. The van der Waals surface area contributed by atoms with Crippen molar-refractivity contribution < 1.29 is 32.6 Å². The van der Waals surface area contributed by atoms with Gasteiger partial charge in [-0.15, -0.1) is 0 Å². The summed E-state index contributed by atoms with van der Waals surface area (Å²) in [6.07, 6.45) is -0.877. The number of methoxy groups -OCH3 is 1. The number of aryl methyl sites for hydroxylation is 1. The Kier molecular flexibility index (Phi) is 7.65. The van der Waals surface area contributed by atoms with Gasteiger partial charge < -0.3 is 14.7 Å². The summed E-state index contributed by atoms with van der Waals surface area (Å²) >= 11 is 0. The Hall–Kier alpha value is -2.13. The summed E-state index contributed by atoms with van der Waals surface area (Å²) in [7, 11) is 1.75. The number of piperidine rings is 1. The predicted octanol–water partition coefficient (Wildman–Crippen LogP) is 3.24. The van der Waals surface area contributed by atoms with Crippen molar-refractivity contribution in [2.45, 2.75) is 44.3 Å². The zero-order chi connectivity index (χ0) is 21.7. The third-order valence-electron chi connectivity index (χ3n) is 5.38. The van der Waals surface area contributed by atoms with Gasteiger partial charge in [-0.1, -0.05) is 24.1 Å². The monoisotopic (exact) mass is 416 g/mol. The van der Waals surface area contributed by atoms with E-state index < -0.39 is 12.1 Å². The van der Waals surface area contributed by atoms with Crippen LogP contribution in [-0.4, -0.2) is 66.9 Å². The molecule has 1 amide bonds. The topological polar surface area (TPSA) is 70.1 Å². The van der Waals surface area contributed by atoms with Gasteiger partial charge in [0.25, 0.3) is 0 Å². The maximum atomic E-state index is 12.6. The molecule has 0 bridgehead atoms. The van der Waals surface area contributed by atoms with Crippen molar-refractivity contribution in [3.63, 3.8) is 0 Å². The SMILES string of the molecule is COCCN1CCCCC12CC(=O)N(c1ccc(C)cc1)C2.O=C(O)C(F)(F)F. The van der Waals surface area contributed by atoms with Crippen LogP contribution in [0.3, 0.4) is 0 Å². The molecular weight excluding hydrogens is 389 g/mol. The molecule has 0 aliphatic carbocycles. The Morgan fingerprint density at radius 3 is 2.41 bits per heavy atom. The zero-order valence-electron chi connectivity index (χ0n) is 16.7. The molecule has 1 aromatic rings. The van der Waals surface area contributed by atoms with E-state index in [1.165, 1.54) is 18.4 Å². The van der Waals surface area contributed by atoms with Crippen LogP contribution < -0.4 is 4.90 Å². The van der Waals surface area contributed by atoms with E-state index >= 15 is 0 Å². The van der Waals surface area contributed by atoms with Crippen LogP contribution in [0.25, 0.3) is 0 Å². The number of anilines is 1. The van der Waals surface area contributed by atoms with Crippen molar-refractivity contribution in [1.82, 2.24) is 4.90 Å². The molecule has 3 rings (SSSR count). The van der Waals surface area contributed by atoms with Gasteiger partial charge in [0, 0.05) is 37.8 Å². The average molecular weight is 416 g/mol. The number of hydrogen-bond donors (Lipinski definition) is 1. The van der Waals surface area contributed by atoms with Crippen LogP contribution >= 0.6 is 0 Å². The second-order valence-electron chi connectivity index (χ2n) is 7.46. The quantitative estimate of drug-likeness (QED) is 0.816. The van der Waals surface area contributed by atoms with Gasteiger partial charge in [0.05, 0.1) is 6.61 Å². The standard InChI is InChI=1S/C18H26N2O2.C2HF3O2/c1-15-5-7-16(8-6-15)20-14-18(13-17(20)21)9-3-4-10-19(18)11-12-22-2;3-2(4,5)1(6)7/h5-8H,3-4,9-14H2,1-2H3;(H,6,7). The number of carbonyl (C=O) groups excluding carboxylic acids is 1. The number of aliphatic carboxylic acids is 1. The van der Waals surface area contributed by atoms with Gasteiger partial charge in [-0.3, -0.25) is 9.69 Å². The summed E-state index contributed by atoms with van der Waals surface area (Å²) in [5, 5.41) is 7.12. The van der Waals surface area contributed by atoms with E-state index in [4.69, 9.17) is 14.6 Å². The van der Waals surface area contributed by atoms with Crippen LogP contribution in [0.15, 0.2) is 24.3 Å². The third-order valence-corrected chi connectivity index (χ3v) is 5.38. The number of rotatable bonds is 4. The first-order chi connectivity index (χ1) is 13.6. The molecule has 29 heavy (non-hydrogen) atoms. The van der Waals surface area contributed by atoms with Crippen LogP contribution in [-0.2, 0) is 14.3 Å². The van der Waals surface area contributed by atoms with Gasteiger partial charge in [0.2, 0.25) is 5.91 Å². The average Bonchev–Trinajstić information content (AvgIpc) is 2.98. The largest absolute Gasteiger partial charge is 0.490 e. The Labute approximate surface area is 168 Å². The molecule has 1 unspecified atom stereocenters. The predicted molar refractivity (Wildman–Crippen MR) is 102 cm³/mol. The van der Waals surface area contributed by atoms with E-state index in [9.17, 15) is 18.0 Å². The van der Waals surface area contributed by atoms with Crippen molar-refractivity contribution in [2.75, 3.05) is 38.3 Å². The van der Waals surface area contributed by atoms with Crippen LogP contribution in [0.1, 0.15) is 31.2 Å². The molecule has 1 atom stereocenters. The summed E-state index contributed by atoms with van der Waals surface area (Å²) in [4.78, 5) is 26.0. The highest BCUT2D eigenvalue weighted by molar-refractivity contribution is 5.97. The van der Waals surface area contributed by atoms with Crippen molar-refractivity contribution in [1.29, 1.82) is 0 Å². The summed E-state index contributed by atoms with van der Waals surface area (Å²) in [5.74, 6) is -2.50. The summed E-state index contributed by atoms with van der Waals surface area (Å²) < 4.78 is 37.0. The van der Waals surface area contributed by atoms with Crippen LogP contribution in [0.5, 0.6) is 0 Å². The number of likely N-dealkylation sites (tertiary alicyclic amines) is 1. The maximum absolute atomic E-state index is 12.6. The summed E-state index contributed by atoms with van der Waals surface area (Å²) in [5.41, 5.74) is 2.27. The van der Waals surface area contributed by atoms with Crippen LogP contribution in [0, 0.1) is 6.92 Å². The fraction of sp³-hybridized carbons (Fsp3) is 0.600. The minimum atomic E-state index is -5.08. The van der Waals surface area contributed by atoms with Crippen molar-refractivity contribution in [2.24, 2.45) is 0 Å². The minimum absolute atomic E-state index is 0.0126. The second-order valence-corrected chi connectivity index (χ2v) is 7.46. The Morgan fingerprint density at radius 2 is 1.86 bits per heavy atom. The molecule has 0 saturated carbocycles. The maximum Gasteiger partial charge on any atom is 0.490 e. The summed E-state index contributed by atoms with van der Waals surface area (Å²) in [6, 6.07) is 8.29. The molecule has 2 heterocycles. The van der Waals surface area contributed by atoms with E-state index in [-0.39, 0.29) is 11.4 Å². The fourth-order valence-corrected chi connectivity index (χ4v) is 3.86. The lowest BCUT2D eigenvalue weighted by Gasteiger charge is -2.44. The Bertz CT molecular complexity index is 709. The zero-order valence-corrected chi connectivity index (χ0v) is 16.7. The number of carboxylic acid groups (broad SMARTS) is 1. The molecule has 1 spiro atoms. The number of benzene rings is 1. The van der Waals surface area contributed by atoms with Gasteiger partial charge in [-0.05, 0) is 38.4 Å². The molecule has 2 fully saturated rings. The number of nitrogens with zero attached hydrogens (tertiary/aromatic N) is 2. The molecule has 0 radical (unpaired) electrons. The lowest BCUT2D eigenvalue weighted by atomic mass is 9.85. The van der Waals surface area contributed by atoms with Crippen LogP contribution in [0.2, 0.25) is 0 Å². The van der Waals surface area contributed by atoms with Crippen LogP contribution in [0.4, 0.5) is 18.9 Å². The Balaban J connectivity index is 0.000000370. The highest BCUT2D eigenvalue weighted by Crippen LogP contribution is 2.38. The first-order valence-corrected chi connectivity index (χ1v) is 9.50. The van der Waals surface area contributed by atoms with E-state index in [0.717, 1.165) is 38.3 Å². The smallest absolute Gasteiger partial charge is 0.475 e. The lowest BCUT2D eigenvalue weighted by Crippen LogP contribution is -2.54. The molecule has 1 aromatic carbocycles.